The highest BCUT2D eigenvalue weighted by atomic mass is 35.5. The van der Waals surface area contributed by atoms with Gasteiger partial charge in [-0.1, -0.05) is 30.3 Å². The van der Waals surface area contributed by atoms with E-state index < -0.39 is 0 Å². The third-order valence-corrected chi connectivity index (χ3v) is 2.58. The largest absolute Gasteiger partial charge is 0.460 e. The normalized spacial score (nSPS) is 19.2. The van der Waals surface area contributed by atoms with Crippen LogP contribution in [0.4, 0.5) is 0 Å². The molecule has 1 saturated heterocycles. The Labute approximate surface area is 107 Å². The van der Waals surface area contributed by atoms with Crippen molar-refractivity contribution >= 4 is 18.4 Å². The average molecular weight is 257 g/mol. The molecule has 0 aromatic heterocycles. The Morgan fingerprint density at radius 3 is 2.76 bits per heavy atom. The fourth-order valence-corrected chi connectivity index (χ4v) is 1.67. The molecule has 1 fully saturated rings. The molecule has 1 aliphatic rings. The van der Waals surface area contributed by atoms with Crippen LogP contribution in [0, 0.1) is 0 Å². The van der Waals surface area contributed by atoms with Gasteiger partial charge in [-0.05, 0) is 18.4 Å². The molecule has 2 N–H and O–H groups in total. The lowest BCUT2D eigenvalue weighted by Gasteiger charge is -2.22. The van der Waals surface area contributed by atoms with Crippen LogP contribution in [0.25, 0.3) is 0 Å². The molecule has 1 aromatic rings. The van der Waals surface area contributed by atoms with Gasteiger partial charge >= 0.3 is 5.97 Å². The summed E-state index contributed by atoms with van der Waals surface area (Å²) in [7, 11) is 0. The van der Waals surface area contributed by atoms with Crippen LogP contribution in [0.15, 0.2) is 30.3 Å². The van der Waals surface area contributed by atoms with Crippen molar-refractivity contribution in [3.63, 3.8) is 0 Å². The van der Waals surface area contributed by atoms with Crippen LogP contribution >= 0.6 is 12.4 Å². The Morgan fingerprint density at radius 1 is 1.35 bits per heavy atom. The Bertz CT molecular complexity index is 340. The first kappa shape index (κ1) is 14.0. The van der Waals surface area contributed by atoms with E-state index in [1.54, 1.807) is 0 Å². The average Bonchev–Trinajstić information content (AvgIpc) is 2.38. The molecule has 2 rings (SSSR count). The number of carbonyl (C=O) groups excluding carboxylic acids is 1. The number of hydrogen-bond donors (Lipinski definition) is 2. The molecular weight excluding hydrogens is 240 g/mol. The zero-order chi connectivity index (χ0) is 11.2. The number of hydrazine groups is 1. The van der Waals surface area contributed by atoms with Crippen LogP contribution in [0.5, 0.6) is 0 Å². The summed E-state index contributed by atoms with van der Waals surface area (Å²) in [6.07, 6.45) is 1.83. The van der Waals surface area contributed by atoms with Crippen LogP contribution < -0.4 is 10.9 Å². The predicted octanol–water partition coefficient (Wildman–Crippen LogP) is 1.41. The summed E-state index contributed by atoms with van der Waals surface area (Å²) in [5.74, 6) is -0.184. The second kappa shape index (κ2) is 7.27. The molecule has 17 heavy (non-hydrogen) atoms. The molecule has 1 aliphatic heterocycles. The number of carbonyl (C=O) groups is 1. The van der Waals surface area contributed by atoms with Crippen molar-refractivity contribution in [2.75, 3.05) is 6.54 Å². The van der Waals surface area contributed by atoms with Crippen molar-refractivity contribution in [2.45, 2.75) is 25.5 Å². The Balaban J connectivity index is 0.00000144. The lowest BCUT2D eigenvalue weighted by Crippen LogP contribution is -2.50. The molecule has 1 aromatic carbocycles. The number of rotatable bonds is 3. The lowest BCUT2D eigenvalue weighted by molar-refractivity contribution is -0.148. The number of benzene rings is 1. The first-order valence-electron chi connectivity index (χ1n) is 5.55. The zero-order valence-electron chi connectivity index (χ0n) is 9.52. The van der Waals surface area contributed by atoms with Gasteiger partial charge in [0.1, 0.15) is 12.6 Å². The highest BCUT2D eigenvalue weighted by Crippen LogP contribution is 2.06. The molecule has 1 heterocycles. The van der Waals surface area contributed by atoms with E-state index in [4.69, 9.17) is 4.74 Å². The molecule has 0 aliphatic carbocycles. The topological polar surface area (TPSA) is 50.4 Å². The minimum atomic E-state index is -0.211. The number of ether oxygens (including phenoxy) is 1. The van der Waals surface area contributed by atoms with Crippen LogP contribution in [-0.2, 0) is 16.1 Å². The molecule has 94 valence electrons. The number of nitrogens with one attached hydrogen (secondary N) is 2. The quantitative estimate of drug-likeness (QED) is 0.803. The molecule has 0 saturated carbocycles. The summed E-state index contributed by atoms with van der Waals surface area (Å²) in [6, 6.07) is 9.49. The van der Waals surface area contributed by atoms with E-state index in [2.05, 4.69) is 10.9 Å². The number of hydrogen-bond acceptors (Lipinski definition) is 4. The number of halogens is 1. The van der Waals surface area contributed by atoms with Gasteiger partial charge in [-0.15, -0.1) is 12.4 Å². The summed E-state index contributed by atoms with van der Waals surface area (Å²) in [5, 5.41) is 0. The Hall–Kier alpha value is -1.10. The molecule has 1 atom stereocenters. The highest BCUT2D eigenvalue weighted by molar-refractivity contribution is 5.85. The minimum absolute atomic E-state index is 0. The first-order valence-corrected chi connectivity index (χ1v) is 5.55. The molecule has 5 heteroatoms. The van der Waals surface area contributed by atoms with Crippen molar-refractivity contribution in [2.24, 2.45) is 0 Å². The van der Waals surface area contributed by atoms with Gasteiger partial charge in [0, 0.05) is 6.54 Å². The SMILES string of the molecule is Cl.O=C(OCc1ccccc1)C1CCCNN1. The Kier molecular flexibility index (Phi) is 5.97. The first-order chi connectivity index (χ1) is 7.86. The Morgan fingerprint density at radius 2 is 2.12 bits per heavy atom. The monoisotopic (exact) mass is 256 g/mol. The van der Waals surface area contributed by atoms with E-state index >= 15 is 0 Å². The van der Waals surface area contributed by atoms with E-state index in [1.165, 1.54) is 0 Å². The second-order valence-electron chi connectivity index (χ2n) is 3.86. The molecule has 1 unspecified atom stereocenters. The van der Waals surface area contributed by atoms with Gasteiger partial charge in [-0.2, -0.15) is 0 Å². The van der Waals surface area contributed by atoms with Gasteiger partial charge in [0.2, 0.25) is 0 Å². The maximum absolute atomic E-state index is 11.6. The van der Waals surface area contributed by atoms with Gasteiger partial charge in [0.05, 0.1) is 0 Å². The van der Waals surface area contributed by atoms with Crippen LogP contribution in [0.3, 0.4) is 0 Å². The molecule has 0 amide bonds. The van der Waals surface area contributed by atoms with Gasteiger partial charge in [0.15, 0.2) is 0 Å². The van der Waals surface area contributed by atoms with Crippen LogP contribution in [0.2, 0.25) is 0 Å². The third-order valence-electron chi connectivity index (χ3n) is 2.58. The zero-order valence-corrected chi connectivity index (χ0v) is 10.3. The van der Waals surface area contributed by atoms with E-state index in [9.17, 15) is 4.79 Å². The lowest BCUT2D eigenvalue weighted by atomic mass is 10.1. The highest BCUT2D eigenvalue weighted by Gasteiger charge is 2.21. The third kappa shape index (κ3) is 4.34. The van der Waals surface area contributed by atoms with Crippen molar-refractivity contribution in [3.05, 3.63) is 35.9 Å². The predicted molar refractivity (Wildman–Crippen MR) is 67.6 cm³/mol. The standard InChI is InChI=1S/C12H16N2O2.ClH/c15-12(11-7-4-8-13-14-11)16-9-10-5-2-1-3-6-10;/h1-3,5-6,11,13-14H,4,7-9H2;1H. The summed E-state index contributed by atoms with van der Waals surface area (Å²) in [4.78, 5) is 11.6. The second-order valence-corrected chi connectivity index (χ2v) is 3.86. The van der Waals surface area contributed by atoms with Crippen molar-refractivity contribution in [1.29, 1.82) is 0 Å². The van der Waals surface area contributed by atoms with Gasteiger partial charge in [-0.3, -0.25) is 10.2 Å². The summed E-state index contributed by atoms with van der Waals surface area (Å²) >= 11 is 0. The molecule has 0 bridgehead atoms. The summed E-state index contributed by atoms with van der Waals surface area (Å²) in [6.45, 7) is 1.25. The summed E-state index contributed by atoms with van der Waals surface area (Å²) < 4.78 is 5.23. The molecular formula is C12H17ClN2O2. The van der Waals surface area contributed by atoms with Crippen molar-refractivity contribution in [1.82, 2.24) is 10.9 Å². The minimum Gasteiger partial charge on any atom is -0.460 e. The fraction of sp³-hybridized carbons (Fsp3) is 0.417. The molecule has 0 radical (unpaired) electrons. The van der Waals surface area contributed by atoms with E-state index in [0.717, 1.165) is 24.9 Å². The summed E-state index contributed by atoms with van der Waals surface area (Å²) in [5.41, 5.74) is 6.91. The maximum Gasteiger partial charge on any atom is 0.324 e. The van der Waals surface area contributed by atoms with E-state index in [0.29, 0.717) is 6.61 Å². The van der Waals surface area contributed by atoms with Gasteiger partial charge < -0.3 is 4.74 Å². The van der Waals surface area contributed by atoms with Gasteiger partial charge in [0.25, 0.3) is 0 Å². The molecule has 0 spiro atoms. The smallest absolute Gasteiger partial charge is 0.324 e. The van der Waals surface area contributed by atoms with Crippen LogP contribution in [-0.4, -0.2) is 18.6 Å². The van der Waals surface area contributed by atoms with E-state index in [1.807, 2.05) is 30.3 Å². The number of esters is 1. The van der Waals surface area contributed by atoms with Crippen LogP contribution in [0.1, 0.15) is 18.4 Å². The van der Waals surface area contributed by atoms with Crippen molar-refractivity contribution < 1.29 is 9.53 Å². The fourth-order valence-electron chi connectivity index (χ4n) is 1.67. The van der Waals surface area contributed by atoms with Crippen molar-refractivity contribution in [3.8, 4) is 0 Å². The molecule has 4 nitrogen and oxygen atoms in total. The maximum atomic E-state index is 11.6. The van der Waals surface area contributed by atoms with E-state index in [-0.39, 0.29) is 24.4 Å². The van der Waals surface area contributed by atoms with Gasteiger partial charge in [-0.25, -0.2) is 5.43 Å².